The van der Waals surface area contributed by atoms with Crippen LogP contribution in [0.2, 0.25) is 0 Å². The van der Waals surface area contributed by atoms with Crippen LogP contribution >= 0.6 is 0 Å². The first-order valence-corrected chi connectivity index (χ1v) is 6.27. The Kier molecular flexibility index (Phi) is 4.14. The van der Waals surface area contributed by atoms with Gasteiger partial charge in [0.25, 0.3) is 5.91 Å². The molecule has 5 heteroatoms. The lowest BCUT2D eigenvalue weighted by molar-refractivity contribution is -0.129. The number of carbonyl (C=O) groups excluding carboxylic acids is 2. The Morgan fingerprint density at radius 1 is 1.21 bits per heavy atom. The minimum atomic E-state index is -0.294. The Labute approximate surface area is 111 Å². The molecule has 1 aromatic rings. The average Bonchev–Trinajstić information content (AvgIpc) is 2.98. The first kappa shape index (κ1) is 13.1. The van der Waals surface area contributed by atoms with E-state index in [0.29, 0.717) is 11.1 Å². The van der Waals surface area contributed by atoms with Crippen LogP contribution in [-0.4, -0.2) is 36.3 Å². The fourth-order valence-corrected chi connectivity index (χ4v) is 2.03. The molecule has 0 unspecified atom stereocenters. The van der Waals surface area contributed by atoms with Crippen molar-refractivity contribution in [2.75, 3.05) is 19.6 Å². The Balaban J connectivity index is 1.86. The van der Waals surface area contributed by atoms with Crippen molar-refractivity contribution in [2.45, 2.75) is 12.8 Å². The van der Waals surface area contributed by atoms with Crippen LogP contribution in [0, 0.1) is 11.3 Å². The summed E-state index contributed by atoms with van der Waals surface area (Å²) in [5.74, 6) is -0.337. The van der Waals surface area contributed by atoms with E-state index in [1.807, 2.05) is 6.07 Å². The fraction of sp³-hybridized carbons (Fsp3) is 0.357. The maximum atomic E-state index is 11.8. The molecule has 19 heavy (non-hydrogen) atoms. The first-order valence-electron chi connectivity index (χ1n) is 6.27. The van der Waals surface area contributed by atoms with E-state index in [-0.39, 0.29) is 18.4 Å². The Morgan fingerprint density at radius 2 is 1.84 bits per heavy atom. The number of benzene rings is 1. The molecule has 1 aliphatic rings. The van der Waals surface area contributed by atoms with Crippen LogP contribution < -0.4 is 5.32 Å². The number of amides is 2. The molecular weight excluding hydrogens is 242 g/mol. The van der Waals surface area contributed by atoms with Crippen molar-refractivity contribution in [3.8, 4) is 6.07 Å². The van der Waals surface area contributed by atoms with Crippen molar-refractivity contribution in [3.05, 3.63) is 35.4 Å². The molecule has 0 bridgehead atoms. The van der Waals surface area contributed by atoms with Crippen molar-refractivity contribution in [1.82, 2.24) is 10.2 Å². The number of likely N-dealkylation sites (tertiary alicyclic amines) is 1. The zero-order valence-electron chi connectivity index (χ0n) is 10.6. The van der Waals surface area contributed by atoms with E-state index in [2.05, 4.69) is 5.32 Å². The summed E-state index contributed by atoms with van der Waals surface area (Å²) in [6, 6.07) is 8.30. The highest BCUT2D eigenvalue weighted by molar-refractivity contribution is 5.96. The topological polar surface area (TPSA) is 73.2 Å². The molecule has 1 saturated heterocycles. The molecule has 1 heterocycles. The summed E-state index contributed by atoms with van der Waals surface area (Å²) in [6.45, 7) is 1.59. The number of hydrogen-bond donors (Lipinski definition) is 1. The standard InChI is InChI=1S/C14H15N3O2/c15-9-11-3-5-12(6-4-11)14(19)16-10-13(18)17-7-1-2-8-17/h3-6H,1-2,7-8,10H2,(H,16,19). The molecule has 5 nitrogen and oxygen atoms in total. The van der Waals surface area contributed by atoms with Crippen molar-refractivity contribution in [1.29, 1.82) is 5.26 Å². The Bertz CT molecular complexity index is 510. The van der Waals surface area contributed by atoms with E-state index in [0.717, 1.165) is 25.9 Å². The second-order valence-corrected chi connectivity index (χ2v) is 4.46. The van der Waals surface area contributed by atoms with Crippen LogP contribution in [0.4, 0.5) is 0 Å². The summed E-state index contributed by atoms with van der Waals surface area (Å²) >= 11 is 0. The molecule has 0 spiro atoms. The van der Waals surface area contributed by atoms with Crippen molar-refractivity contribution in [2.24, 2.45) is 0 Å². The maximum Gasteiger partial charge on any atom is 0.251 e. The highest BCUT2D eigenvalue weighted by Gasteiger charge is 2.18. The van der Waals surface area contributed by atoms with Crippen LogP contribution in [0.3, 0.4) is 0 Å². The van der Waals surface area contributed by atoms with Gasteiger partial charge in [-0.1, -0.05) is 0 Å². The quantitative estimate of drug-likeness (QED) is 0.874. The van der Waals surface area contributed by atoms with Gasteiger partial charge in [0, 0.05) is 18.7 Å². The monoisotopic (exact) mass is 257 g/mol. The molecule has 1 fully saturated rings. The lowest BCUT2D eigenvalue weighted by Gasteiger charge is -2.15. The van der Waals surface area contributed by atoms with E-state index in [1.165, 1.54) is 0 Å². The smallest absolute Gasteiger partial charge is 0.251 e. The second kappa shape index (κ2) is 6.01. The number of hydrogen-bond acceptors (Lipinski definition) is 3. The van der Waals surface area contributed by atoms with Crippen molar-refractivity contribution < 1.29 is 9.59 Å². The number of nitrogens with zero attached hydrogens (tertiary/aromatic N) is 2. The summed E-state index contributed by atoms with van der Waals surface area (Å²) < 4.78 is 0. The lowest BCUT2D eigenvalue weighted by Crippen LogP contribution is -2.38. The number of nitriles is 1. The molecule has 0 saturated carbocycles. The molecule has 0 aliphatic carbocycles. The maximum absolute atomic E-state index is 11.8. The molecule has 1 aromatic carbocycles. The zero-order chi connectivity index (χ0) is 13.7. The summed E-state index contributed by atoms with van der Waals surface area (Å²) in [6.07, 6.45) is 2.07. The molecule has 2 amide bonds. The van der Waals surface area contributed by atoms with Crippen molar-refractivity contribution in [3.63, 3.8) is 0 Å². The van der Waals surface area contributed by atoms with Gasteiger partial charge in [0.1, 0.15) is 0 Å². The van der Waals surface area contributed by atoms with Gasteiger partial charge in [-0.25, -0.2) is 0 Å². The number of nitrogens with one attached hydrogen (secondary N) is 1. The molecule has 1 aliphatic heterocycles. The molecule has 0 aromatic heterocycles. The van der Waals surface area contributed by atoms with Gasteiger partial charge in [0.05, 0.1) is 18.2 Å². The molecule has 98 valence electrons. The van der Waals surface area contributed by atoms with E-state index in [9.17, 15) is 9.59 Å². The summed E-state index contributed by atoms with van der Waals surface area (Å²) in [4.78, 5) is 25.3. The van der Waals surface area contributed by atoms with Gasteiger partial charge in [0.2, 0.25) is 5.91 Å². The Morgan fingerprint density at radius 3 is 2.42 bits per heavy atom. The summed E-state index contributed by atoms with van der Waals surface area (Å²) in [5.41, 5.74) is 0.956. The van der Waals surface area contributed by atoms with Gasteiger partial charge in [0.15, 0.2) is 0 Å². The average molecular weight is 257 g/mol. The highest BCUT2D eigenvalue weighted by Crippen LogP contribution is 2.07. The number of carbonyl (C=O) groups is 2. The van der Waals surface area contributed by atoms with E-state index in [4.69, 9.17) is 5.26 Å². The fourth-order valence-electron chi connectivity index (χ4n) is 2.03. The predicted molar refractivity (Wildman–Crippen MR) is 69.3 cm³/mol. The predicted octanol–water partition coefficient (Wildman–Crippen LogP) is 0.910. The SMILES string of the molecule is N#Cc1ccc(C(=O)NCC(=O)N2CCCC2)cc1. The van der Waals surface area contributed by atoms with E-state index in [1.54, 1.807) is 29.2 Å². The molecule has 0 atom stereocenters. The van der Waals surface area contributed by atoms with Gasteiger partial charge in [-0.15, -0.1) is 0 Å². The minimum Gasteiger partial charge on any atom is -0.343 e. The van der Waals surface area contributed by atoms with Crippen LogP contribution in [-0.2, 0) is 4.79 Å². The largest absolute Gasteiger partial charge is 0.343 e. The van der Waals surface area contributed by atoms with E-state index >= 15 is 0 Å². The molecular formula is C14H15N3O2. The van der Waals surface area contributed by atoms with Crippen LogP contribution in [0.15, 0.2) is 24.3 Å². The second-order valence-electron chi connectivity index (χ2n) is 4.46. The number of rotatable bonds is 3. The van der Waals surface area contributed by atoms with Gasteiger partial charge in [-0.3, -0.25) is 9.59 Å². The van der Waals surface area contributed by atoms with Gasteiger partial charge in [-0.2, -0.15) is 5.26 Å². The third kappa shape index (κ3) is 3.32. The summed E-state index contributed by atoms with van der Waals surface area (Å²) in [7, 11) is 0. The summed E-state index contributed by atoms with van der Waals surface area (Å²) in [5, 5.41) is 11.3. The van der Waals surface area contributed by atoms with Crippen LogP contribution in [0.5, 0.6) is 0 Å². The zero-order valence-corrected chi connectivity index (χ0v) is 10.6. The Hall–Kier alpha value is -2.35. The normalized spacial score (nSPS) is 13.9. The molecule has 2 rings (SSSR count). The van der Waals surface area contributed by atoms with Crippen LogP contribution in [0.1, 0.15) is 28.8 Å². The highest BCUT2D eigenvalue weighted by atomic mass is 16.2. The van der Waals surface area contributed by atoms with Gasteiger partial charge in [-0.05, 0) is 37.1 Å². The van der Waals surface area contributed by atoms with Gasteiger partial charge >= 0.3 is 0 Å². The third-order valence-electron chi connectivity index (χ3n) is 3.14. The van der Waals surface area contributed by atoms with Crippen LogP contribution in [0.25, 0.3) is 0 Å². The first-order chi connectivity index (χ1) is 9.20. The minimum absolute atomic E-state index is 0.0266. The lowest BCUT2D eigenvalue weighted by atomic mass is 10.1. The van der Waals surface area contributed by atoms with Gasteiger partial charge < -0.3 is 10.2 Å². The molecule has 0 radical (unpaired) electrons. The third-order valence-corrected chi connectivity index (χ3v) is 3.14. The molecule has 1 N–H and O–H groups in total. The van der Waals surface area contributed by atoms with E-state index < -0.39 is 0 Å². The van der Waals surface area contributed by atoms with Crippen molar-refractivity contribution >= 4 is 11.8 Å².